The van der Waals surface area contributed by atoms with Crippen LogP contribution >= 0.6 is 0 Å². The first-order valence-electron chi connectivity index (χ1n) is 5.02. The van der Waals surface area contributed by atoms with E-state index in [-0.39, 0.29) is 0 Å². The maximum atomic E-state index is 2.61. The molecule has 66 valence electrons. The van der Waals surface area contributed by atoms with Crippen molar-refractivity contribution in [2.24, 2.45) is 5.92 Å². The second-order valence-corrected chi connectivity index (χ2v) is 3.91. The molecule has 0 N–H and O–H groups in total. The summed E-state index contributed by atoms with van der Waals surface area (Å²) in [5, 5.41) is 0. The normalized spacial score (nSPS) is 31.9. The van der Waals surface area contributed by atoms with Crippen LogP contribution in [0.15, 0.2) is 0 Å². The molecular weight excluding hydrogens is 134 g/mol. The van der Waals surface area contributed by atoms with Gasteiger partial charge in [0.2, 0.25) is 0 Å². The van der Waals surface area contributed by atoms with Gasteiger partial charge in [0.15, 0.2) is 0 Å². The van der Waals surface area contributed by atoms with E-state index < -0.39 is 0 Å². The minimum atomic E-state index is 0.900. The van der Waals surface area contributed by atoms with Crippen LogP contribution in [0.5, 0.6) is 0 Å². The lowest BCUT2D eigenvalue weighted by molar-refractivity contribution is 0.392. The van der Waals surface area contributed by atoms with Gasteiger partial charge in [-0.1, -0.05) is 33.6 Å². The molecule has 1 rings (SSSR count). The monoisotopic (exact) mass is 155 g/mol. The summed E-state index contributed by atoms with van der Waals surface area (Å²) in [4.78, 5) is 2.61. The maximum Gasteiger partial charge on any atom is 0.0223 e. The Balaban J connectivity index is 2.03. The zero-order valence-electron chi connectivity index (χ0n) is 8.14. The Morgan fingerprint density at radius 3 is 2.73 bits per heavy atom. The SMILES string of the molecule is CCCC1CN1CC(C)CC. The van der Waals surface area contributed by atoms with E-state index in [9.17, 15) is 0 Å². The molecule has 1 heterocycles. The van der Waals surface area contributed by atoms with E-state index in [4.69, 9.17) is 0 Å². The predicted molar refractivity (Wildman–Crippen MR) is 49.7 cm³/mol. The summed E-state index contributed by atoms with van der Waals surface area (Å²) in [6.07, 6.45) is 4.09. The zero-order valence-corrected chi connectivity index (χ0v) is 8.14. The lowest BCUT2D eigenvalue weighted by Crippen LogP contribution is -2.11. The number of hydrogen-bond acceptors (Lipinski definition) is 1. The van der Waals surface area contributed by atoms with Crippen molar-refractivity contribution < 1.29 is 0 Å². The van der Waals surface area contributed by atoms with Gasteiger partial charge < -0.3 is 0 Å². The van der Waals surface area contributed by atoms with Gasteiger partial charge in [-0.2, -0.15) is 0 Å². The third kappa shape index (κ3) is 2.82. The molecule has 1 aliphatic heterocycles. The Kier molecular flexibility index (Phi) is 3.38. The highest BCUT2D eigenvalue weighted by atomic mass is 15.3. The fourth-order valence-corrected chi connectivity index (χ4v) is 1.58. The molecule has 1 saturated heterocycles. The largest absolute Gasteiger partial charge is 0.297 e. The lowest BCUT2D eigenvalue weighted by atomic mass is 10.1. The van der Waals surface area contributed by atoms with Gasteiger partial charge in [0.05, 0.1) is 0 Å². The van der Waals surface area contributed by atoms with Crippen LogP contribution < -0.4 is 0 Å². The third-order valence-electron chi connectivity index (χ3n) is 2.69. The van der Waals surface area contributed by atoms with Crippen LogP contribution in [0, 0.1) is 5.92 Å². The molecule has 1 aliphatic rings. The molecule has 1 heteroatoms. The average molecular weight is 155 g/mol. The van der Waals surface area contributed by atoms with Crippen LogP contribution in [-0.2, 0) is 0 Å². The van der Waals surface area contributed by atoms with Gasteiger partial charge in [-0.05, 0) is 12.3 Å². The summed E-state index contributed by atoms with van der Waals surface area (Å²) in [6, 6.07) is 0.953. The van der Waals surface area contributed by atoms with Gasteiger partial charge in [0, 0.05) is 19.1 Å². The van der Waals surface area contributed by atoms with Gasteiger partial charge in [-0.15, -0.1) is 0 Å². The third-order valence-corrected chi connectivity index (χ3v) is 2.69. The average Bonchev–Trinajstić information content (AvgIpc) is 2.69. The molecule has 0 spiro atoms. The zero-order chi connectivity index (χ0) is 8.27. The van der Waals surface area contributed by atoms with Crippen molar-refractivity contribution in [3.8, 4) is 0 Å². The standard InChI is InChI=1S/C10H21N/c1-4-6-10-8-11(10)7-9(3)5-2/h9-10H,4-8H2,1-3H3. The molecule has 1 fully saturated rings. The molecule has 11 heavy (non-hydrogen) atoms. The summed E-state index contributed by atoms with van der Waals surface area (Å²) < 4.78 is 0. The molecular formula is C10H21N. The summed E-state index contributed by atoms with van der Waals surface area (Å²) in [5.74, 6) is 0.900. The second-order valence-electron chi connectivity index (χ2n) is 3.91. The first kappa shape index (κ1) is 9.05. The Hall–Kier alpha value is -0.0400. The predicted octanol–water partition coefficient (Wildman–Crippen LogP) is 2.52. The van der Waals surface area contributed by atoms with Crippen molar-refractivity contribution in [1.82, 2.24) is 4.90 Å². The fourth-order valence-electron chi connectivity index (χ4n) is 1.58. The van der Waals surface area contributed by atoms with E-state index >= 15 is 0 Å². The van der Waals surface area contributed by atoms with Gasteiger partial charge in [0.1, 0.15) is 0 Å². The first-order valence-corrected chi connectivity index (χ1v) is 5.02. The van der Waals surface area contributed by atoms with E-state index in [0.717, 1.165) is 12.0 Å². The van der Waals surface area contributed by atoms with E-state index in [0.29, 0.717) is 0 Å². The molecule has 0 bridgehead atoms. The van der Waals surface area contributed by atoms with Gasteiger partial charge in [-0.3, -0.25) is 4.90 Å². The summed E-state index contributed by atoms with van der Waals surface area (Å²) in [5.41, 5.74) is 0. The van der Waals surface area contributed by atoms with Crippen molar-refractivity contribution in [2.75, 3.05) is 13.1 Å². The van der Waals surface area contributed by atoms with E-state index in [2.05, 4.69) is 25.7 Å². The molecule has 0 aromatic rings. The molecule has 3 atom stereocenters. The van der Waals surface area contributed by atoms with Crippen LogP contribution in [0.3, 0.4) is 0 Å². The van der Waals surface area contributed by atoms with Crippen molar-refractivity contribution in [3.63, 3.8) is 0 Å². The van der Waals surface area contributed by atoms with Crippen molar-refractivity contribution >= 4 is 0 Å². The second kappa shape index (κ2) is 4.10. The Morgan fingerprint density at radius 1 is 1.45 bits per heavy atom. The van der Waals surface area contributed by atoms with Crippen LogP contribution in [-0.4, -0.2) is 24.0 Å². The lowest BCUT2D eigenvalue weighted by Gasteiger charge is -2.08. The maximum absolute atomic E-state index is 2.61. The molecule has 0 radical (unpaired) electrons. The minimum absolute atomic E-state index is 0.900. The summed E-state index contributed by atoms with van der Waals surface area (Å²) >= 11 is 0. The van der Waals surface area contributed by atoms with Gasteiger partial charge in [-0.25, -0.2) is 0 Å². The van der Waals surface area contributed by atoms with Crippen molar-refractivity contribution in [1.29, 1.82) is 0 Å². The topological polar surface area (TPSA) is 3.01 Å². The van der Waals surface area contributed by atoms with Gasteiger partial charge in [0.25, 0.3) is 0 Å². The number of rotatable bonds is 5. The van der Waals surface area contributed by atoms with Crippen molar-refractivity contribution in [3.05, 3.63) is 0 Å². The molecule has 0 aliphatic carbocycles. The molecule has 3 unspecified atom stereocenters. The quantitative estimate of drug-likeness (QED) is 0.551. The first-order chi connectivity index (χ1) is 5.27. The van der Waals surface area contributed by atoms with Crippen LogP contribution in [0.25, 0.3) is 0 Å². The molecule has 0 aromatic carbocycles. The van der Waals surface area contributed by atoms with Crippen LogP contribution in [0.1, 0.15) is 40.0 Å². The minimum Gasteiger partial charge on any atom is -0.297 e. The van der Waals surface area contributed by atoms with E-state index in [1.807, 2.05) is 0 Å². The molecule has 0 amide bonds. The van der Waals surface area contributed by atoms with Crippen molar-refractivity contribution in [2.45, 2.75) is 46.1 Å². The van der Waals surface area contributed by atoms with E-state index in [1.54, 1.807) is 0 Å². The van der Waals surface area contributed by atoms with E-state index in [1.165, 1.54) is 32.4 Å². The smallest absolute Gasteiger partial charge is 0.0223 e. The Bertz CT molecular complexity index is 111. The fraction of sp³-hybridized carbons (Fsp3) is 1.00. The highest BCUT2D eigenvalue weighted by Crippen LogP contribution is 2.23. The molecule has 1 nitrogen and oxygen atoms in total. The van der Waals surface area contributed by atoms with Crippen LogP contribution in [0.4, 0.5) is 0 Å². The van der Waals surface area contributed by atoms with Crippen LogP contribution in [0.2, 0.25) is 0 Å². The molecule has 0 aromatic heterocycles. The summed E-state index contributed by atoms with van der Waals surface area (Å²) in [6.45, 7) is 9.61. The molecule has 0 saturated carbocycles. The number of hydrogen-bond donors (Lipinski definition) is 0. The highest BCUT2D eigenvalue weighted by Gasteiger charge is 2.32. The summed E-state index contributed by atoms with van der Waals surface area (Å²) in [7, 11) is 0. The Morgan fingerprint density at radius 2 is 2.18 bits per heavy atom. The number of nitrogens with zero attached hydrogens (tertiary/aromatic N) is 1. The highest BCUT2D eigenvalue weighted by molar-refractivity contribution is 4.88. The van der Waals surface area contributed by atoms with Gasteiger partial charge >= 0.3 is 0 Å². The Labute approximate surface area is 70.8 Å².